The van der Waals surface area contributed by atoms with Crippen LogP contribution in [-0.4, -0.2) is 28.3 Å². The minimum Gasteiger partial charge on any atom is -0.211 e. The second kappa shape index (κ2) is 9.53. The molecule has 0 aliphatic rings. The highest BCUT2D eigenvalue weighted by Crippen LogP contribution is 2.40. The smallest absolute Gasteiger partial charge is 0.211 e. The van der Waals surface area contributed by atoms with Crippen LogP contribution in [0.4, 0.5) is 4.39 Å². The van der Waals surface area contributed by atoms with Crippen molar-refractivity contribution < 1.29 is 12.8 Å². The normalized spacial score (nSPS) is 13.4. The maximum absolute atomic E-state index is 13.3. The summed E-state index contributed by atoms with van der Waals surface area (Å²) in [6, 6.07) is 1.68. The van der Waals surface area contributed by atoms with Crippen LogP contribution in [0.1, 0.15) is 52.9 Å². The second-order valence-electron chi connectivity index (χ2n) is 5.89. The Balaban J connectivity index is 4.84. The number of nitriles is 1. The molecule has 0 fully saturated rings. The Morgan fingerprint density at radius 1 is 1.27 bits per heavy atom. The fourth-order valence-corrected chi connectivity index (χ4v) is 5.58. The molecule has 0 radical (unpaired) electrons. The van der Waals surface area contributed by atoms with Crippen LogP contribution in [0.3, 0.4) is 0 Å². The van der Waals surface area contributed by atoms with Gasteiger partial charge in [0, 0.05) is 11.9 Å². The Bertz CT molecular complexity index is 473. The quantitative estimate of drug-likeness (QED) is 0.218. The lowest BCUT2D eigenvalue weighted by Gasteiger charge is -2.28. The van der Waals surface area contributed by atoms with Crippen molar-refractivity contribution in [1.29, 1.82) is 5.26 Å². The first-order valence-corrected chi connectivity index (χ1v) is 10.2. The first kappa shape index (κ1) is 22.3. The van der Waals surface area contributed by atoms with Gasteiger partial charge in [-0.25, -0.2) is 8.42 Å². The third kappa shape index (κ3) is 10.1. The Labute approximate surface area is 147 Å². The Morgan fingerprint density at radius 2 is 1.86 bits per heavy atom. The van der Waals surface area contributed by atoms with E-state index >= 15 is 0 Å². The van der Waals surface area contributed by atoms with E-state index < -0.39 is 25.9 Å². The Kier molecular flexibility index (Phi) is 9.64. The topological polar surface area (TPSA) is 61.2 Å². The number of hydrogen-bond acceptors (Lipinski definition) is 4. The van der Waals surface area contributed by atoms with Crippen molar-refractivity contribution >= 4 is 45.2 Å². The van der Waals surface area contributed by atoms with Crippen molar-refractivity contribution in [2.45, 2.75) is 56.8 Å². The van der Waals surface area contributed by atoms with Gasteiger partial charge in [-0.05, 0) is 11.8 Å². The summed E-state index contributed by atoms with van der Waals surface area (Å²) in [4.78, 5) is 0. The number of halogens is 3. The van der Waals surface area contributed by atoms with E-state index in [0.29, 0.717) is 3.71 Å². The van der Waals surface area contributed by atoms with Gasteiger partial charge in [0.1, 0.15) is 6.54 Å². The van der Waals surface area contributed by atoms with Crippen molar-refractivity contribution in [3.8, 4) is 6.07 Å². The van der Waals surface area contributed by atoms with Crippen LogP contribution in [0.2, 0.25) is 0 Å². The van der Waals surface area contributed by atoms with Crippen LogP contribution in [0.5, 0.6) is 0 Å². The number of nitrogens with zero attached hydrogens (tertiary/aromatic N) is 2. The molecule has 22 heavy (non-hydrogen) atoms. The van der Waals surface area contributed by atoms with E-state index in [1.165, 1.54) is 0 Å². The zero-order valence-corrected chi connectivity index (χ0v) is 16.3. The van der Waals surface area contributed by atoms with Gasteiger partial charge in [0.2, 0.25) is 10.0 Å². The molecule has 0 aromatic heterocycles. The molecular formula is C13H23Cl2FN2O2S2. The molecule has 9 heteroatoms. The highest BCUT2D eigenvalue weighted by molar-refractivity contribution is 8.10. The lowest BCUT2D eigenvalue weighted by molar-refractivity contribution is 0.354. The van der Waals surface area contributed by atoms with Gasteiger partial charge in [0.15, 0.2) is 0 Å². The Morgan fingerprint density at radius 3 is 2.32 bits per heavy atom. The predicted octanol–water partition coefficient (Wildman–Crippen LogP) is 4.84. The second-order valence-corrected chi connectivity index (χ2v) is 10.9. The molecule has 4 nitrogen and oxygen atoms in total. The summed E-state index contributed by atoms with van der Waals surface area (Å²) >= 11 is 10.5. The molecule has 0 saturated carbocycles. The number of hydrogen-bond donors (Lipinski definition) is 0. The maximum atomic E-state index is 13.3. The molecule has 0 bridgehead atoms. The molecule has 0 saturated heterocycles. The molecule has 130 valence electrons. The van der Waals surface area contributed by atoms with E-state index in [1.807, 2.05) is 13.8 Å². The summed E-state index contributed by atoms with van der Waals surface area (Å²) in [5.74, 6) is -0.190. The Hall–Kier alpha value is 0.260. The van der Waals surface area contributed by atoms with Gasteiger partial charge in [-0.15, -0.1) is 3.71 Å². The fourth-order valence-electron chi connectivity index (χ4n) is 2.03. The third-order valence-electron chi connectivity index (χ3n) is 3.00. The van der Waals surface area contributed by atoms with Gasteiger partial charge in [-0.1, -0.05) is 69.7 Å². The molecule has 0 aromatic carbocycles. The van der Waals surface area contributed by atoms with E-state index in [2.05, 4.69) is 6.92 Å². The van der Waals surface area contributed by atoms with Gasteiger partial charge >= 0.3 is 3.92 Å². The van der Waals surface area contributed by atoms with Crippen molar-refractivity contribution in [2.75, 3.05) is 12.3 Å². The van der Waals surface area contributed by atoms with E-state index in [0.717, 1.165) is 32.1 Å². The zero-order valence-electron chi connectivity index (χ0n) is 13.1. The lowest BCUT2D eigenvalue weighted by atomic mass is 9.89. The molecule has 0 unspecified atom stereocenters. The van der Waals surface area contributed by atoms with Gasteiger partial charge in [0.25, 0.3) is 0 Å². The first-order chi connectivity index (χ1) is 9.93. The molecule has 0 aliphatic heterocycles. The van der Waals surface area contributed by atoms with Crippen LogP contribution in [0, 0.1) is 16.7 Å². The van der Waals surface area contributed by atoms with Crippen LogP contribution in [0.25, 0.3) is 0 Å². The number of rotatable bonds is 11. The minimum atomic E-state index is -3.85. The summed E-state index contributed by atoms with van der Waals surface area (Å²) < 4.78 is 35.9. The van der Waals surface area contributed by atoms with Gasteiger partial charge < -0.3 is 0 Å². The average molecular weight is 393 g/mol. The van der Waals surface area contributed by atoms with Gasteiger partial charge in [-0.2, -0.15) is 9.65 Å². The third-order valence-corrected chi connectivity index (χ3v) is 6.75. The highest BCUT2D eigenvalue weighted by Gasteiger charge is 2.37. The van der Waals surface area contributed by atoms with Crippen molar-refractivity contribution in [1.82, 2.24) is 3.71 Å². The van der Waals surface area contributed by atoms with Crippen LogP contribution in [-0.2, 0) is 10.0 Å². The van der Waals surface area contributed by atoms with E-state index in [4.69, 9.17) is 28.5 Å². The molecule has 0 aliphatic carbocycles. The molecule has 0 spiro atoms. The summed E-state index contributed by atoms with van der Waals surface area (Å²) in [6.45, 7) is 5.28. The van der Waals surface area contributed by atoms with E-state index in [9.17, 15) is 12.8 Å². The van der Waals surface area contributed by atoms with E-state index in [-0.39, 0.29) is 17.7 Å². The standard InChI is InChI=1S/C13H23Cl2FN2O2S2/c1-4-5-6-7-8-12(2,3)11-22(19,20)18(10-9-17)21-13(14,15)16/h4-8,10-11H2,1-3H3. The lowest BCUT2D eigenvalue weighted by Crippen LogP contribution is -2.35. The monoisotopic (exact) mass is 392 g/mol. The van der Waals surface area contributed by atoms with Crippen molar-refractivity contribution in [3.63, 3.8) is 0 Å². The molecule has 0 heterocycles. The largest absolute Gasteiger partial charge is 0.319 e. The van der Waals surface area contributed by atoms with Crippen LogP contribution < -0.4 is 0 Å². The number of alkyl halides is 3. The SMILES string of the molecule is CCCCCCC(C)(C)CS(=O)(=O)N(CC#N)SC(F)(Cl)Cl. The zero-order chi connectivity index (χ0) is 17.4. The first-order valence-electron chi connectivity index (χ1n) is 7.07. The van der Waals surface area contributed by atoms with Gasteiger partial charge in [-0.3, -0.25) is 0 Å². The maximum Gasteiger partial charge on any atom is 0.319 e. The molecular weight excluding hydrogens is 370 g/mol. The highest BCUT2D eigenvalue weighted by atomic mass is 35.5. The fraction of sp³-hybridized carbons (Fsp3) is 0.923. The van der Waals surface area contributed by atoms with Gasteiger partial charge in [0.05, 0.1) is 11.8 Å². The predicted molar refractivity (Wildman–Crippen MR) is 91.8 cm³/mol. The van der Waals surface area contributed by atoms with Crippen LogP contribution in [0.15, 0.2) is 0 Å². The molecule has 0 aromatic rings. The van der Waals surface area contributed by atoms with Crippen molar-refractivity contribution in [2.24, 2.45) is 5.41 Å². The summed E-state index contributed by atoms with van der Waals surface area (Å²) in [5.41, 5.74) is -0.474. The average Bonchev–Trinajstić information content (AvgIpc) is 2.31. The number of unbranched alkanes of at least 4 members (excludes halogenated alkanes) is 3. The summed E-state index contributed by atoms with van der Waals surface area (Å²) in [6.07, 6.45) is 4.94. The summed E-state index contributed by atoms with van der Waals surface area (Å²) in [7, 11) is -3.85. The van der Waals surface area contributed by atoms with Crippen molar-refractivity contribution in [3.05, 3.63) is 0 Å². The molecule has 0 amide bonds. The molecule has 0 rings (SSSR count). The summed E-state index contributed by atoms with van der Waals surface area (Å²) in [5, 5.41) is 8.72. The molecule has 0 N–H and O–H groups in total. The minimum absolute atomic E-state index is 0.0931. The number of sulfonamides is 1. The van der Waals surface area contributed by atoms with Crippen LogP contribution >= 0.6 is 35.1 Å². The molecule has 0 atom stereocenters. The van der Waals surface area contributed by atoms with E-state index in [1.54, 1.807) is 6.07 Å².